The number of carbonyl (C=O) groups excluding carboxylic acids is 2. The molecular weight excluding hydrogens is 308 g/mol. The van der Waals surface area contributed by atoms with E-state index in [1.165, 1.54) is 11.3 Å². The summed E-state index contributed by atoms with van der Waals surface area (Å²) in [5, 5.41) is 23.7. The zero-order valence-electron chi connectivity index (χ0n) is 12.9. The maximum atomic E-state index is 12.0. The Morgan fingerprint density at radius 2 is 2.05 bits per heavy atom. The molecule has 0 aliphatic rings. The first-order valence-corrected chi connectivity index (χ1v) is 7.78. The standard InChI is InChI=1S/C14H22N2O5S/c1-4-21-14(20)12-8(2)9(3)22-13(12)16-11(19)6-15-5-10(18)7-17/h10,15,17-18H,4-7H2,1-3H3,(H,16,19)/t10-/m1/s1. The normalized spacial score (nSPS) is 12.0. The second kappa shape index (κ2) is 8.84. The van der Waals surface area contributed by atoms with Crippen molar-refractivity contribution in [3.8, 4) is 0 Å². The van der Waals surface area contributed by atoms with Crippen molar-refractivity contribution in [1.29, 1.82) is 0 Å². The molecule has 0 saturated heterocycles. The third kappa shape index (κ3) is 5.06. The number of rotatable bonds is 8. The molecule has 22 heavy (non-hydrogen) atoms. The smallest absolute Gasteiger partial charge is 0.341 e. The van der Waals surface area contributed by atoms with Gasteiger partial charge in [-0.3, -0.25) is 4.79 Å². The van der Waals surface area contributed by atoms with Gasteiger partial charge in [-0.05, 0) is 26.3 Å². The Bertz CT molecular complexity index is 530. The molecule has 0 aliphatic carbocycles. The van der Waals surface area contributed by atoms with E-state index in [0.29, 0.717) is 10.6 Å². The fourth-order valence-corrected chi connectivity index (χ4v) is 2.82. The Morgan fingerprint density at radius 1 is 1.36 bits per heavy atom. The van der Waals surface area contributed by atoms with E-state index in [1.807, 2.05) is 13.8 Å². The largest absolute Gasteiger partial charge is 0.462 e. The Balaban J connectivity index is 2.70. The second-order valence-corrected chi connectivity index (χ2v) is 5.95. The lowest BCUT2D eigenvalue weighted by Gasteiger charge is -2.10. The van der Waals surface area contributed by atoms with Crippen LogP contribution in [0.3, 0.4) is 0 Å². The second-order valence-electron chi connectivity index (χ2n) is 4.72. The number of anilines is 1. The van der Waals surface area contributed by atoms with Gasteiger partial charge in [-0.2, -0.15) is 0 Å². The molecule has 1 aromatic rings. The lowest BCUT2D eigenvalue weighted by atomic mass is 10.1. The summed E-state index contributed by atoms with van der Waals surface area (Å²) in [6.45, 7) is 5.37. The molecule has 124 valence electrons. The Morgan fingerprint density at radius 3 is 2.64 bits per heavy atom. The van der Waals surface area contributed by atoms with Crippen LogP contribution in [0.4, 0.5) is 5.00 Å². The summed E-state index contributed by atoms with van der Waals surface area (Å²) in [5.41, 5.74) is 1.18. The maximum Gasteiger partial charge on any atom is 0.341 e. The van der Waals surface area contributed by atoms with Crippen LogP contribution in [0.1, 0.15) is 27.7 Å². The summed E-state index contributed by atoms with van der Waals surface area (Å²) in [4.78, 5) is 24.8. The monoisotopic (exact) mass is 330 g/mol. The van der Waals surface area contributed by atoms with Gasteiger partial charge in [0.1, 0.15) is 5.00 Å². The Labute approximate surface area is 133 Å². The molecule has 1 heterocycles. The average molecular weight is 330 g/mol. The minimum Gasteiger partial charge on any atom is -0.462 e. The zero-order valence-corrected chi connectivity index (χ0v) is 13.7. The van der Waals surface area contributed by atoms with E-state index in [2.05, 4.69) is 10.6 Å². The van der Waals surface area contributed by atoms with E-state index in [9.17, 15) is 14.7 Å². The van der Waals surface area contributed by atoms with Crippen molar-refractivity contribution >= 4 is 28.2 Å². The first kappa shape index (κ1) is 18.6. The van der Waals surface area contributed by atoms with E-state index in [4.69, 9.17) is 9.84 Å². The predicted octanol–water partition coefficient (Wildman–Crippen LogP) is 0.423. The highest BCUT2D eigenvalue weighted by molar-refractivity contribution is 7.16. The molecule has 0 unspecified atom stereocenters. The van der Waals surface area contributed by atoms with Gasteiger partial charge in [-0.1, -0.05) is 0 Å². The number of carbonyl (C=O) groups is 2. The minimum atomic E-state index is -0.908. The molecule has 4 N–H and O–H groups in total. The van der Waals surface area contributed by atoms with Gasteiger partial charge in [0.05, 0.1) is 31.4 Å². The predicted molar refractivity (Wildman–Crippen MR) is 84.3 cm³/mol. The van der Waals surface area contributed by atoms with Crippen LogP contribution < -0.4 is 10.6 Å². The van der Waals surface area contributed by atoms with Crippen molar-refractivity contribution in [3.05, 3.63) is 16.0 Å². The number of aryl methyl sites for hydroxylation is 1. The van der Waals surface area contributed by atoms with Gasteiger partial charge in [0.15, 0.2) is 0 Å². The number of hydrogen-bond acceptors (Lipinski definition) is 7. The zero-order chi connectivity index (χ0) is 16.7. The fraction of sp³-hybridized carbons (Fsp3) is 0.571. The topological polar surface area (TPSA) is 108 Å². The quantitative estimate of drug-likeness (QED) is 0.515. The van der Waals surface area contributed by atoms with Gasteiger partial charge in [0.25, 0.3) is 0 Å². The number of amides is 1. The lowest BCUT2D eigenvalue weighted by Crippen LogP contribution is -2.35. The molecule has 0 spiro atoms. The van der Waals surface area contributed by atoms with Crippen LogP contribution in [0.25, 0.3) is 0 Å². The molecule has 0 fully saturated rings. The van der Waals surface area contributed by atoms with Crippen LogP contribution in [-0.2, 0) is 9.53 Å². The van der Waals surface area contributed by atoms with Gasteiger partial charge in [0, 0.05) is 11.4 Å². The fourth-order valence-electron chi connectivity index (χ4n) is 1.75. The minimum absolute atomic E-state index is 0.0324. The number of aliphatic hydroxyl groups excluding tert-OH is 2. The van der Waals surface area contributed by atoms with E-state index in [0.717, 1.165) is 10.4 Å². The van der Waals surface area contributed by atoms with Gasteiger partial charge in [0.2, 0.25) is 5.91 Å². The van der Waals surface area contributed by atoms with E-state index < -0.39 is 12.1 Å². The molecule has 1 rings (SSSR count). The number of esters is 1. The summed E-state index contributed by atoms with van der Waals surface area (Å²) in [6.07, 6.45) is -0.908. The Kier molecular flexibility index (Phi) is 7.46. The van der Waals surface area contributed by atoms with Gasteiger partial charge >= 0.3 is 5.97 Å². The number of hydrogen-bond donors (Lipinski definition) is 4. The molecule has 0 radical (unpaired) electrons. The summed E-state index contributed by atoms with van der Waals surface area (Å²) in [5.74, 6) is -0.791. The van der Waals surface area contributed by atoms with Crippen LogP contribution in [0.15, 0.2) is 0 Å². The van der Waals surface area contributed by atoms with Crippen LogP contribution in [0, 0.1) is 13.8 Å². The highest BCUT2D eigenvalue weighted by atomic mass is 32.1. The summed E-state index contributed by atoms with van der Waals surface area (Å²) in [7, 11) is 0. The van der Waals surface area contributed by atoms with Crippen molar-refractivity contribution < 1.29 is 24.5 Å². The summed E-state index contributed by atoms with van der Waals surface area (Å²) < 4.78 is 5.01. The maximum absolute atomic E-state index is 12.0. The van der Waals surface area contributed by atoms with Crippen molar-refractivity contribution in [1.82, 2.24) is 5.32 Å². The first-order chi connectivity index (χ1) is 10.4. The van der Waals surface area contributed by atoms with Crippen molar-refractivity contribution in [2.45, 2.75) is 26.9 Å². The van der Waals surface area contributed by atoms with Crippen LogP contribution >= 0.6 is 11.3 Å². The molecule has 7 nitrogen and oxygen atoms in total. The highest BCUT2D eigenvalue weighted by Crippen LogP contribution is 2.32. The number of aliphatic hydroxyl groups is 2. The molecule has 0 aromatic carbocycles. The van der Waals surface area contributed by atoms with E-state index in [1.54, 1.807) is 6.92 Å². The molecule has 0 bridgehead atoms. The highest BCUT2D eigenvalue weighted by Gasteiger charge is 2.21. The van der Waals surface area contributed by atoms with Gasteiger partial charge < -0.3 is 25.6 Å². The number of ether oxygens (including phenoxy) is 1. The Hall–Kier alpha value is -1.48. The molecular formula is C14H22N2O5S. The third-order valence-electron chi connectivity index (χ3n) is 2.99. The number of nitrogens with one attached hydrogen (secondary N) is 2. The van der Waals surface area contributed by atoms with Crippen LogP contribution in [0.5, 0.6) is 0 Å². The van der Waals surface area contributed by atoms with Gasteiger partial charge in [-0.25, -0.2) is 4.79 Å². The van der Waals surface area contributed by atoms with Crippen LogP contribution in [-0.4, -0.2) is 54.5 Å². The summed E-state index contributed by atoms with van der Waals surface area (Å²) >= 11 is 1.32. The molecule has 1 amide bonds. The lowest BCUT2D eigenvalue weighted by molar-refractivity contribution is -0.115. The SMILES string of the molecule is CCOC(=O)c1c(NC(=O)CNC[C@@H](O)CO)sc(C)c1C. The molecule has 1 atom stereocenters. The van der Waals surface area contributed by atoms with E-state index in [-0.39, 0.29) is 32.2 Å². The molecule has 0 saturated carbocycles. The third-order valence-corrected chi connectivity index (χ3v) is 4.12. The average Bonchev–Trinajstić information content (AvgIpc) is 2.73. The van der Waals surface area contributed by atoms with E-state index >= 15 is 0 Å². The molecule has 0 aliphatic heterocycles. The van der Waals surface area contributed by atoms with Crippen LogP contribution in [0.2, 0.25) is 0 Å². The molecule has 8 heteroatoms. The van der Waals surface area contributed by atoms with Crippen molar-refractivity contribution in [2.75, 3.05) is 31.6 Å². The van der Waals surface area contributed by atoms with Crippen molar-refractivity contribution in [2.24, 2.45) is 0 Å². The number of thiophene rings is 1. The van der Waals surface area contributed by atoms with Crippen molar-refractivity contribution in [3.63, 3.8) is 0 Å². The molecule has 1 aromatic heterocycles. The summed E-state index contributed by atoms with van der Waals surface area (Å²) in [6, 6.07) is 0. The van der Waals surface area contributed by atoms with Gasteiger partial charge in [-0.15, -0.1) is 11.3 Å². The first-order valence-electron chi connectivity index (χ1n) is 6.97.